The lowest BCUT2D eigenvalue weighted by Crippen LogP contribution is -2.15. The molecule has 2 heterocycles. The van der Waals surface area contributed by atoms with Gasteiger partial charge in [-0.3, -0.25) is 10.1 Å². The maximum Gasteiger partial charge on any atom is 0.278 e. The number of para-hydroxylation sites is 2. The number of amides is 1. The Kier molecular flexibility index (Phi) is 3.26. The van der Waals surface area contributed by atoms with Gasteiger partial charge in [0.15, 0.2) is 5.69 Å². The summed E-state index contributed by atoms with van der Waals surface area (Å²) in [4.78, 5) is 15.9. The number of nitrogen functional groups attached to an aromatic ring is 1. The van der Waals surface area contributed by atoms with Crippen LogP contribution in [0.5, 0.6) is 0 Å². The summed E-state index contributed by atoms with van der Waals surface area (Å²) in [6, 6.07) is 8.83. The third-order valence-electron chi connectivity index (χ3n) is 2.71. The van der Waals surface area contributed by atoms with E-state index in [1.54, 1.807) is 18.3 Å². The Bertz CT molecular complexity index is 769. The normalized spacial score (nSPS) is 10.3. The van der Waals surface area contributed by atoms with Crippen LogP contribution in [0.15, 0.2) is 48.9 Å². The van der Waals surface area contributed by atoms with Gasteiger partial charge in [-0.05, 0) is 18.2 Å². The Labute approximate surface area is 119 Å². The summed E-state index contributed by atoms with van der Waals surface area (Å²) in [7, 11) is 0. The molecule has 0 bridgehead atoms. The third-order valence-corrected chi connectivity index (χ3v) is 2.71. The molecule has 0 aliphatic rings. The first kappa shape index (κ1) is 12.7. The van der Waals surface area contributed by atoms with Gasteiger partial charge in [-0.1, -0.05) is 12.1 Å². The molecule has 0 saturated carbocycles. The molecule has 104 valence electrons. The molecule has 0 atom stereocenters. The predicted molar refractivity (Wildman–Crippen MR) is 75.8 cm³/mol. The summed E-state index contributed by atoms with van der Waals surface area (Å²) in [5.41, 5.74) is 7.37. The third kappa shape index (κ3) is 2.68. The first-order valence-corrected chi connectivity index (χ1v) is 6.09. The van der Waals surface area contributed by atoms with Crippen LogP contribution in [-0.4, -0.2) is 30.9 Å². The van der Waals surface area contributed by atoms with Gasteiger partial charge in [-0.15, -0.1) is 5.10 Å². The van der Waals surface area contributed by atoms with Crippen molar-refractivity contribution >= 4 is 17.5 Å². The molecule has 0 fully saturated rings. The number of carbonyl (C=O) groups excluding carboxylic acids is 1. The highest BCUT2D eigenvalue weighted by Crippen LogP contribution is 2.15. The zero-order chi connectivity index (χ0) is 14.7. The number of benzene rings is 1. The number of hydrogen-bond acceptors (Lipinski definition) is 6. The van der Waals surface area contributed by atoms with Gasteiger partial charge in [0, 0.05) is 6.20 Å². The Morgan fingerprint density at radius 2 is 2.05 bits per heavy atom. The van der Waals surface area contributed by atoms with Crippen LogP contribution in [0.2, 0.25) is 0 Å². The molecule has 21 heavy (non-hydrogen) atoms. The molecular weight excluding hydrogens is 270 g/mol. The van der Waals surface area contributed by atoms with E-state index in [4.69, 9.17) is 5.73 Å². The number of nitrogens with one attached hydrogen (secondary N) is 1. The Hall–Kier alpha value is -3.29. The van der Waals surface area contributed by atoms with Crippen molar-refractivity contribution in [2.45, 2.75) is 0 Å². The number of nitrogens with zero attached hydrogens (tertiary/aromatic N) is 5. The van der Waals surface area contributed by atoms with Crippen molar-refractivity contribution < 1.29 is 4.79 Å². The molecule has 3 rings (SSSR count). The summed E-state index contributed by atoms with van der Waals surface area (Å²) in [5, 5.41) is 14.0. The van der Waals surface area contributed by atoms with Crippen molar-refractivity contribution in [2.24, 2.45) is 0 Å². The van der Waals surface area contributed by atoms with Gasteiger partial charge in [-0.25, -0.2) is 9.67 Å². The summed E-state index contributed by atoms with van der Waals surface area (Å²) in [5.74, 6) is -0.299. The van der Waals surface area contributed by atoms with Crippen LogP contribution in [0.3, 0.4) is 0 Å². The molecular formula is C13H11N7O. The van der Waals surface area contributed by atoms with Gasteiger partial charge in [-0.2, -0.15) is 10.2 Å². The summed E-state index contributed by atoms with van der Waals surface area (Å²) < 4.78 is 1.54. The Balaban J connectivity index is 1.82. The molecule has 8 nitrogen and oxygen atoms in total. The van der Waals surface area contributed by atoms with E-state index in [1.165, 1.54) is 17.1 Å². The second-order valence-corrected chi connectivity index (χ2v) is 4.12. The van der Waals surface area contributed by atoms with E-state index in [1.807, 2.05) is 18.2 Å². The monoisotopic (exact) mass is 281 g/mol. The molecule has 0 saturated heterocycles. The number of carbonyl (C=O) groups is 1. The molecule has 0 aliphatic heterocycles. The highest BCUT2D eigenvalue weighted by atomic mass is 16.2. The fourth-order valence-electron chi connectivity index (χ4n) is 1.75. The van der Waals surface area contributed by atoms with Crippen molar-refractivity contribution in [1.29, 1.82) is 0 Å². The minimum Gasteiger partial charge on any atom is -0.397 e. The van der Waals surface area contributed by atoms with Gasteiger partial charge in [0.1, 0.15) is 0 Å². The summed E-state index contributed by atoms with van der Waals surface area (Å²) in [6.45, 7) is 0. The van der Waals surface area contributed by atoms with Gasteiger partial charge in [0.2, 0.25) is 5.95 Å². The first-order chi connectivity index (χ1) is 10.2. The summed E-state index contributed by atoms with van der Waals surface area (Å²) >= 11 is 0. The second-order valence-electron chi connectivity index (χ2n) is 4.12. The SMILES string of the molecule is Nc1ccccc1-n1ccc(C(=O)Nc2nccnn2)n1. The minimum absolute atomic E-state index is 0.122. The van der Waals surface area contributed by atoms with Crippen molar-refractivity contribution in [3.05, 3.63) is 54.6 Å². The Morgan fingerprint density at radius 1 is 1.19 bits per heavy atom. The van der Waals surface area contributed by atoms with Crippen LogP contribution in [0.4, 0.5) is 11.6 Å². The highest BCUT2D eigenvalue weighted by molar-refractivity contribution is 6.01. The molecule has 1 amide bonds. The molecule has 3 aromatic rings. The van der Waals surface area contributed by atoms with Gasteiger partial charge < -0.3 is 5.73 Å². The topological polar surface area (TPSA) is 112 Å². The van der Waals surface area contributed by atoms with Crippen LogP contribution in [-0.2, 0) is 0 Å². The van der Waals surface area contributed by atoms with E-state index in [-0.39, 0.29) is 11.6 Å². The zero-order valence-electron chi connectivity index (χ0n) is 10.8. The van der Waals surface area contributed by atoms with E-state index >= 15 is 0 Å². The van der Waals surface area contributed by atoms with Crippen LogP contribution in [0.1, 0.15) is 10.5 Å². The van der Waals surface area contributed by atoms with E-state index in [0.717, 1.165) is 0 Å². The van der Waals surface area contributed by atoms with Crippen molar-refractivity contribution in [2.75, 3.05) is 11.1 Å². The van der Waals surface area contributed by atoms with Crippen LogP contribution >= 0.6 is 0 Å². The first-order valence-electron chi connectivity index (χ1n) is 6.09. The lowest BCUT2D eigenvalue weighted by Gasteiger charge is -2.04. The molecule has 0 radical (unpaired) electrons. The molecule has 0 aliphatic carbocycles. The highest BCUT2D eigenvalue weighted by Gasteiger charge is 2.12. The molecule has 1 aromatic carbocycles. The number of hydrogen-bond donors (Lipinski definition) is 2. The van der Waals surface area contributed by atoms with Gasteiger partial charge in [0.05, 0.1) is 23.8 Å². The standard InChI is InChI=1S/C13H11N7O/c14-9-3-1-2-4-11(9)20-8-5-10(19-20)12(21)17-13-15-6-7-16-18-13/h1-8H,14H2,(H,15,17,18,21). The molecule has 2 aromatic heterocycles. The van der Waals surface area contributed by atoms with Crippen LogP contribution in [0, 0.1) is 0 Å². The maximum atomic E-state index is 12.0. The van der Waals surface area contributed by atoms with Crippen molar-refractivity contribution in [1.82, 2.24) is 25.0 Å². The van der Waals surface area contributed by atoms with E-state index in [2.05, 4.69) is 25.6 Å². The summed E-state index contributed by atoms with van der Waals surface area (Å²) in [6.07, 6.45) is 4.51. The fourth-order valence-corrected chi connectivity index (χ4v) is 1.75. The zero-order valence-corrected chi connectivity index (χ0v) is 10.8. The average Bonchev–Trinajstić information content (AvgIpc) is 2.98. The Morgan fingerprint density at radius 3 is 2.81 bits per heavy atom. The number of aromatic nitrogens is 5. The molecule has 3 N–H and O–H groups in total. The van der Waals surface area contributed by atoms with Crippen LogP contribution in [0.25, 0.3) is 5.69 Å². The molecule has 8 heteroatoms. The van der Waals surface area contributed by atoms with Crippen molar-refractivity contribution in [3.8, 4) is 5.69 Å². The van der Waals surface area contributed by atoms with Crippen LogP contribution < -0.4 is 11.1 Å². The average molecular weight is 281 g/mol. The quantitative estimate of drug-likeness (QED) is 0.690. The maximum absolute atomic E-state index is 12.0. The number of rotatable bonds is 3. The number of nitrogens with two attached hydrogens (primary N) is 1. The molecule has 0 spiro atoms. The van der Waals surface area contributed by atoms with Gasteiger partial charge in [0.25, 0.3) is 5.91 Å². The smallest absolute Gasteiger partial charge is 0.278 e. The minimum atomic E-state index is -0.420. The molecule has 0 unspecified atom stereocenters. The second kappa shape index (κ2) is 5.37. The van der Waals surface area contributed by atoms with Gasteiger partial charge >= 0.3 is 0 Å². The van der Waals surface area contributed by atoms with Crippen molar-refractivity contribution in [3.63, 3.8) is 0 Å². The lowest BCUT2D eigenvalue weighted by atomic mass is 10.3. The fraction of sp³-hybridized carbons (Fsp3) is 0. The lowest BCUT2D eigenvalue weighted by molar-refractivity contribution is 0.102. The predicted octanol–water partition coefficient (Wildman–Crippen LogP) is 0.892. The number of anilines is 2. The van der Waals surface area contributed by atoms with E-state index in [9.17, 15) is 4.79 Å². The van der Waals surface area contributed by atoms with E-state index in [0.29, 0.717) is 11.4 Å². The van der Waals surface area contributed by atoms with E-state index < -0.39 is 5.91 Å². The largest absolute Gasteiger partial charge is 0.397 e.